The Kier molecular flexibility index (Phi) is 4.07. The molecule has 3 rings (SSSR count). The molecular formula is C16H17ClN2O3. The number of rotatable bonds is 4. The Morgan fingerprint density at radius 1 is 1.36 bits per heavy atom. The number of carboxylic acid groups (broad SMARTS) is 1. The SMILES string of the molecule is Cn1nc(C(=O)O)cc1-c1ccc(OC2CCCC2)c(Cl)c1. The van der Waals surface area contributed by atoms with Gasteiger partial charge in [-0.3, -0.25) is 4.68 Å². The number of aromatic nitrogens is 2. The first-order chi connectivity index (χ1) is 10.5. The van der Waals surface area contributed by atoms with Crippen LogP contribution in [0.2, 0.25) is 5.02 Å². The number of hydrogen-bond acceptors (Lipinski definition) is 3. The fraction of sp³-hybridized carbons (Fsp3) is 0.375. The van der Waals surface area contributed by atoms with E-state index in [2.05, 4.69) is 5.10 Å². The second-order valence-corrected chi connectivity index (χ2v) is 5.92. The molecular weight excluding hydrogens is 304 g/mol. The summed E-state index contributed by atoms with van der Waals surface area (Å²) < 4.78 is 7.46. The molecule has 22 heavy (non-hydrogen) atoms. The Morgan fingerprint density at radius 3 is 2.68 bits per heavy atom. The van der Waals surface area contributed by atoms with Crippen LogP contribution in [0, 0.1) is 0 Å². The van der Waals surface area contributed by atoms with Crippen LogP contribution in [0.1, 0.15) is 36.2 Å². The Morgan fingerprint density at radius 2 is 2.09 bits per heavy atom. The normalized spacial score (nSPS) is 15.2. The van der Waals surface area contributed by atoms with E-state index >= 15 is 0 Å². The second kappa shape index (κ2) is 6.01. The molecule has 1 aliphatic rings. The first-order valence-corrected chi connectivity index (χ1v) is 7.66. The first kappa shape index (κ1) is 14.9. The molecule has 1 heterocycles. The fourth-order valence-corrected chi connectivity index (χ4v) is 3.01. The minimum absolute atomic E-state index is 0.0138. The molecule has 0 aliphatic heterocycles. The van der Waals surface area contributed by atoms with Gasteiger partial charge in [0.15, 0.2) is 5.69 Å². The van der Waals surface area contributed by atoms with Crippen molar-refractivity contribution in [3.05, 3.63) is 35.0 Å². The summed E-state index contributed by atoms with van der Waals surface area (Å²) in [6.07, 6.45) is 4.79. The number of benzene rings is 1. The van der Waals surface area contributed by atoms with Crippen molar-refractivity contribution in [1.29, 1.82) is 0 Å². The van der Waals surface area contributed by atoms with Gasteiger partial charge in [-0.25, -0.2) is 4.79 Å². The lowest BCUT2D eigenvalue weighted by atomic mass is 10.1. The van der Waals surface area contributed by atoms with Crippen LogP contribution in [0.25, 0.3) is 11.3 Å². The molecule has 0 bridgehead atoms. The number of aryl methyl sites for hydroxylation is 1. The van der Waals surface area contributed by atoms with Crippen molar-refractivity contribution in [2.24, 2.45) is 7.05 Å². The zero-order valence-corrected chi connectivity index (χ0v) is 13.0. The summed E-state index contributed by atoms with van der Waals surface area (Å²) in [5, 5.41) is 13.5. The molecule has 5 nitrogen and oxygen atoms in total. The largest absolute Gasteiger partial charge is 0.489 e. The Bertz CT molecular complexity index is 705. The standard InChI is InChI=1S/C16H17ClN2O3/c1-19-14(9-13(18-19)16(20)21)10-6-7-15(12(17)8-10)22-11-4-2-3-5-11/h6-9,11H,2-5H2,1H3,(H,20,21). The highest BCUT2D eigenvalue weighted by Gasteiger charge is 2.18. The van der Waals surface area contributed by atoms with Crippen LogP contribution < -0.4 is 4.74 Å². The van der Waals surface area contributed by atoms with Crippen LogP contribution in [-0.4, -0.2) is 27.0 Å². The number of hydrogen-bond donors (Lipinski definition) is 1. The Labute approximate surface area is 133 Å². The molecule has 1 aromatic heterocycles. The van der Waals surface area contributed by atoms with Crippen LogP contribution in [0.5, 0.6) is 5.75 Å². The van der Waals surface area contributed by atoms with E-state index in [-0.39, 0.29) is 11.8 Å². The number of halogens is 1. The van der Waals surface area contributed by atoms with Crippen LogP contribution in [-0.2, 0) is 7.05 Å². The number of nitrogens with zero attached hydrogens (tertiary/aromatic N) is 2. The van der Waals surface area contributed by atoms with E-state index in [9.17, 15) is 4.79 Å². The smallest absolute Gasteiger partial charge is 0.356 e. The highest BCUT2D eigenvalue weighted by molar-refractivity contribution is 6.32. The van der Waals surface area contributed by atoms with Crippen molar-refractivity contribution < 1.29 is 14.6 Å². The highest BCUT2D eigenvalue weighted by Crippen LogP contribution is 2.33. The molecule has 0 saturated heterocycles. The molecule has 1 aromatic carbocycles. The van der Waals surface area contributed by atoms with Crippen molar-refractivity contribution in [3.63, 3.8) is 0 Å². The molecule has 0 amide bonds. The third-order valence-corrected chi connectivity index (χ3v) is 4.22. The van der Waals surface area contributed by atoms with E-state index in [1.807, 2.05) is 12.1 Å². The third kappa shape index (κ3) is 2.95. The molecule has 6 heteroatoms. The topological polar surface area (TPSA) is 64.4 Å². The van der Waals surface area contributed by atoms with Gasteiger partial charge in [0.1, 0.15) is 5.75 Å². The van der Waals surface area contributed by atoms with Gasteiger partial charge in [0.2, 0.25) is 0 Å². The van der Waals surface area contributed by atoms with E-state index in [4.69, 9.17) is 21.4 Å². The summed E-state index contributed by atoms with van der Waals surface area (Å²) in [5.74, 6) is -0.368. The zero-order chi connectivity index (χ0) is 15.7. The van der Waals surface area contributed by atoms with Crippen LogP contribution in [0.3, 0.4) is 0 Å². The average molecular weight is 321 g/mol. The van der Waals surface area contributed by atoms with Crippen molar-refractivity contribution in [1.82, 2.24) is 9.78 Å². The van der Waals surface area contributed by atoms with Crippen molar-refractivity contribution in [2.45, 2.75) is 31.8 Å². The molecule has 0 spiro atoms. The molecule has 2 aromatic rings. The molecule has 116 valence electrons. The summed E-state index contributed by atoms with van der Waals surface area (Å²) in [6.45, 7) is 0. The quantitative estimate of drug-likeness (QED) is 0.931. The van der Waals surface area contributed by atoms with Crippen LogP contribution in [0.4, 0.5) is 0 Å². The van der Waals surface area contributed by atoms with Gasteiger partial charge in [-0.05, 0) is 49.9 Å². The zero-order valence-electron chi connectivity index (χ0n) is 12.3. The minimum atomic E-state index is -1.05. The number of carbonyl (C=O) groups is 1. The van der Waals surface area contributed by atoms with Gasteiger partial charge in [-0.2, -0.15) is 5.10 Å². The summed E-state index contributed by atoms with van der Waals surface area (Å²) in [7, 11) is 1.71. The summed E-state index contributed by atoms with van der Waals surface area (Å²) in [5.41, 5.74) is 1.53. The van der Waals surface area contributed by atoms with Crippen LogP contribution in [0.15, 0.2) is 24.3 Å². The predicted molar refractivity (Wildman–Crippen MR) is 83.5 cm³/mol. The Balaban J connectivity index is 1.86. The van der Waals surface area contributed by atoms with E-state index in [1.54, 1.807) is 13.1 Å². The predicted octanol–water partition coefficient (Wildman–Crippen LogP) is 3.76. The molecule has 1 N–H and O–H groups in total. The molecule has 0 radical (unpaired) electrons. The lowest BCUT2D eigenvalue weighted by Crippen LogP contribution is -2.11. The Hall–Kier alpha value is -2.01. The van der Waals surface area contributed by atoms with Crippen molar-refractivity contribution in [3.8, 4) is 17.0 Å². The molecule has 0 unspecified atom stereocenters. The number of ether oxygens (including phenoxy) is 1. The molecule has 1 saturated carbocycles. The fourth-order valence-electron chi connectivity index (χ4n) is 2.78. The van der Waals surface area contributed by atoms with Crippen molar-refractivity contribution in [2.75, 3.05) is 0 Å². The lowest BCUT2D eigenvalue weighted by molar-refractivity contribution is 0.0689. The maximum Gasteiger partial charge on any atom is 0.356 e. The highest BCUT2D eigenvalue weighted by atomic mass is 35.5. The van der Waals surface area contributed by atoms with Crippen molar-refractivity contribution >= 4 is 17.6 Å². The second-order valence-electron chi connectivity index (χ2n) is 5.51. The van der Waals surface area contributed by atoms with E-state index < -0.39 is 5.97 Å². The monoisotopic (exact) mass is 320 g/mol. The van der Waals surface area contributed by atoms with Gasteiger partial charge < -0.3 is 9.84 Å². The van der Waals surface area contributed by atoms with E-state index in [1.165, 1.54) is 23.6 Å². The maximum atomic E-state index is 11.0. The van der Waals surface area contributed by atoms with Gasteiger partial charge in [0.25, 0.3) is 0 Å². The molecule has 1 fully saturated rings. The molecule has 1 aliphatic carbocycles. The van der Waals surface area contributed by atoms with Gasteiger partial charge in [0, 0.05) is 12.6 Å². The summed E-state index contributed by atoms with van der Waals surface area (Å²) in [4.78, 5) is 11.0. The molecule has 0 atom stereocenters. The summed E-state index contributed by atoms with van der Waals surface area (Å²) in [6, 6.07) is 7.03. The van der Waals surface area contributed by atoms with Gasteiger partial charge in [-0.1, -0.05) is 11.6 Å². The van der Waals surface area contributed by atoms with Gasteiger partial charge >= 0.3 is 5.97 Å². The maximum absolute atomic E-state index is 11.0. The third-order valence-electron chi connectivity index (χ3n) is 3.92. The summed E-state index contributed by atoms with van der Waals surface area (Å²) >= 11 is 6.31. The van der Waals surface area contributed by atoms with E-state index in [0.29, 0.717) is 16.5 Å². The number of aromatic carboxylic acids is 1. The van der Waals surface area contributed by atoms with Gasteiger partial charge in [-0.15, -0.1) is 0 Å². The van der Waals surface area contributed by atoms with Crippen LogP contribution >= 0.6 is 11.6 Å². The minimum Gasteiger partial charge on any atom is -0.489 e. The lowest BCUT2D eigenvalue weighted by Gasteiger charge is -2.15. The van der Waals surface area contributed by atoms with E-state index in [0.717, 1.165) is 18.4 Å². The first-order valence-electron chi connectivity index (χ1n) is 7.28. The average Bonchev–Trinajstić information content (AvgIpc) is 3.10. The van der Waals surface area contributed by atoms with Gasteiger partial charge in [0.05, 0.1) is 16.8 Å². The number of carboxylic acids is 1.